The summed E-state index contributed by atoms with van der Waals surface area (Å²) in [5.41, 5.74) is 2.51. The highest BCUT2D eigenvalue weighted by Crippen LogP contribution is 2.30. The number of rotatable bonds is 2. The Labute approximate surface area is 132 Å². The number of hydrogen-bond donors (Lipinski definition) is 1. The molecule has 1 aromatic carbocycles. The first kappa shape index (κ1) is 15.0. The third kappa shape index (κ3) is 2.85. The van der Waals surface area contributed by atoms with Gasteiger partial charge in [-0.15, -0.1) is 0 Å². The number of amides is 1. The quantitative estimate of drug-likeness (QED) is 0.906. The zero-order chi connectivity index (χ0) is 15.7. The molecule has 3 atom stereocenters. The number of benzene rings is 1. The summed E-state index contributed by atoms with van der Waals surface area (Å²) >= 11 is 0. The number of hydrogen-bond acceptors (Lipinski definition) is 2. The van der Waals surface area contributed by atoms with Gasteiger partial charge in [-0.25, -0.2) is 0 Å². The predicted molar refractivity (Wildman–Crippen MR) is 89.9 cm³/mol. The normalized spacial score (nSPS) is 25.1. The third-order valence-electron chi connectivity index (χ3n) is 5.11. The van der Waals surface area contributed by atoms with Gasteiger partial charge >= 0.3 is 0 Å². The second kappa shape index (κ2) is 6.07. The average Bonchev–Trinajstić information content (AvgIpc) is 2.51. The number of carbonyl (C=O) groups is 1. The number of para-hydroxylation sites is 1. The maximum atomic E-state index is 12.8. The van der Waals surface area contributed by atoms with E-state index in [1.165, 1.54) is 12.8 Å². The van der Waals surface area contributed by atoms with Crippen molar-refractivity contribution in [1.82, 2.24) is 10.3 Å². The number of fused-ring (bicyclic) bond motifs is 1. The first-order valence-corrected chi connectivity index (χ1v) is 8.23. The Balaban J connectivity index is 1.89. The van der Waals surface area contributed by atoms with Crippen LogP contribution < -0.4 is 5.32 Å². The molecular weight excluding hydrogens is 272 g/mol. The Morgan fingerprint density at radius 1 is 1.23 bits per heavy atom. The molecule has 3 heteroatoms. The van der Waals surface area contributed by atoms with Crippen molar-refractivity contribution in [2.45, 2.75) is 46.1 Å². The summed E-state index contributed by atoms with van der Waals surface area (Å²) in [6.07, 6.45) is 3.55. The minimum Gasteiger partial charge on any atom is -0.349 e. The van der Waals surface area contributed by atoms with E-state index in [1.807, 2.05) is 37.3 Å². The van der Waals surface area contributed by atoms with Crippen LogP contribution in [0.25, 0.3) is 10.9 Å². The van der Waals surface area contributed by atoms with Crippen molar-refractivity contribution < 1.29 is 4.79 Å². The van der Waals surface area contributed by atoms with Crippen LogP contribution in [0.3, 0.4) is 0 Å². The van der Waals surface area contributed by atoms with Crippen LogP contribution in [-0.2, 0) is 0 Å². The maximum Gasteiger partial charge on any atom is 0.252 e. The van der Waals surface area contributed by atoms with Crippen LogP contribution in [0.5, 0.6) is 0 Å². The molecule has 1 fully saturated rings. The van der Waals surface area contributed by atoms with Crippen molar-refractivity contribution in [3.63, 3.8) is 0 Å². The van der Waals surface area contributed by atoms with Gasteiger partial charge in [0, 0.05) is 17.1 Å². The fourth-order valence-electron chi connectivity index (χ4n) is 3.53. The van der Waals surface area contributed by atoms with Gasteiger partial charge in [-0.05, 0) is 37.3 Å². The zero-order valence-electron chi connectivity index (χ0n) is 13.6. The molecule has 1 heterocycles. The summed E-state index contributed by atoms with van der Waals surface area (Å²) in [7, 11) is 0. The molecule has 0 spiro atoms. The van der Waals surface area contributed by atoms with Gasteiger partial charge in [0.1, 0.15) is 0 Å². The van der Waals surface area contributed by atoms with E-state index >= 15 is 0 Å². The summed E-state index contributed by atoms with van der Waals surface area (Å²) in [6.45, 7) is 6.48. The molecular formula is C19H24N2O. The highest BCUT2D eigenvalue weighted by atomic mass is 16.1. The lowest BCUT2D eigenvalue weighted by atomic mass is 9.78. The van der Waals surface area contributed by atoms with Gasteiger partial charge in [0.2, 0.25) is 0 Å². The van der Waals surface area contributed by atoms with Gasteiger partial charge in [-0.3, -0.25) is 9.78 Å². The van der Waals surface area contributed by atoms with Gasteiger partial charge in [-0.2, -0.15) is 0 Å². The van der Waals surface area contributed by atoms with Crippen LogP contribution in [0.4, 0.5) is 0 Å². The van der Waals surface area contributed by atoms with Crippen molar-refractivity contribution in [2.75, 3.05) is 0 Å². The van der Waals surface area contributed by atoms with Gasteiger partial charge in [-0.1, -0.05) is 44.9 Å². The smallest absolute Gasteiger partial charge is 0.252 e. The Morgan fingerprint density at radius 2 is 2.00 bits per heavy atom. The van der Waals surface area contributed by atoms with E-state index in [2.05, 4.69) is 24.1 Å². The highest BCUT2D eigenvalue weighted by Gasteiger charge is 2.28. The van der Waals surface area contributed by atoms with Crippen LogP contribution >= 0.6 is 0 Å². The lowest BCUT2D eigenvalue weighted by Gasteiger charge is -2.34. The van der Waals surface area contributed by atoms with Crippen molar-refractivity contribution in [2.24, 2.45) is 11.8 Å². The molecule has 2 aromatic rings. The minimum atomic E-state index is 0.0349. The molecule has 1 amide bonds. The van der Waals surface area contributed by atoms with Gasteiger partial charge in [0.15, 0.2) is 0 Å². The molecule has 1 aliphatic carbocycles. The van der Waals surface area contributed by atoms with E-state index < -0.39 is 0 Å². The fourth-order valence-corrected chi connectivity index (χ4v) is 3.53. The van der Waals surface area contributed by atoms with E-state index in [0.29, 0.717) is 11.8 Å². The first-order chi connectivity index (χ1) is 10.6. The minimum absolute atomic E-state index is 0.0349. The molecule has 1 N–H and O–H groups in total. The summed E-state index contributed by atoms with van der Waals surface area (Å²) in [5, 5.41) is 4.20. The van der Waals surface area contributed by atoms with Gasteiger partial charge < -0.3 is 5.32 Å². The predicted octanol–water partition coefficient (Wildman–Crippen LogP) is 4.10. The first-order valence-electron chi connectivity index (χ1n) is 8.23. The van der Waals surface area contributed by atoms with Crippen LogP contribution in [0.2, 0.25) is 0 Å². The number of aromatic nitrogens is 1. The van der Waals surface area contributed by atoms with Crippen LogP contribution in [0.15, 0.2) is 30.3 Å². The van der Waals surface area contributed by atoms with E-state index in [4.69, 9.17) is 0 Å². The second-order valence-corrected chi connectivity index (χ2v) is 6.68. The lowest BCUT2D eigenvalue weighted by Crippen LogP contribution is -2.43. The molecule has 3 nitrogen and oxygen atoms in total. The Morgan fingerprint density at radius 3 is 2.82 bits per heavy atom. The monoisotopic (exact) mass is 296 g/mol. The number of nitrogens with zero attached hydrogens (tertiary/aromatic N) is 1. The third-order valence-corrected chi connectivity index (χ3v) is 5.11. The summed E-state index contributed by atoms with van der Waals surface area (Å²) in [5.74, 6) is 1.24. The molecule has 116 valence electrons. The Bertz CT molecular complexity index is 695. The number of nitrogens with one attached hydrogen (secondary N) is 1. The SMILES string of the molecule is Cc1cc(C(=O)N[C@@H]2CCC[C@H](C)[C@@H]2C)c2ccccc2n1. The van der Waals surface area contributed by atoms with Gasteiger partial charge in [0.05, 0.1) is 11.1 Å². The van der Waals surface area contributed by atoms with E-state index in [1.54, 1.807) is 0 Å². The lowest BCUT2D eigenvalue weighted by molar-refractivity contribution is 0.0892. The van der Waals surface area contributed by atoms with Crippen LogP contribution in [0.1, 0.15) is 49.2 Å². The van der Waals surface area contributed by atoms with Crippen molar-refractivity contribution in [3.8, 4) is 0 Å². The molecule has 0 radical (unpaired) electrons. The summed E-state index contributed by atoms with van der Waals surface area (Å²) in [6, 6.07) is 10.0. The molecule has 22 heavy (non-hydrogen) atoms. The molecule has 3 rings (SSSR count). The Hall–Kier alpha value is -1.90. The second-order valence-electron chi connectivity index (χ2n) is 6.68. The molecule has 1 aliphatic rings. The molecule has 1 saturated carbocycles. The zero-order valence-corrected chi connectivity index (χ0v) is 13.6. The summed E-state index contributed by atoms with van der Waals surface area (Å²) < 4.78 is 0. The fraction of sp³-hybridized carbons (Fsp3) is 0.474. The number of aryl methyl sites for hydroxylation is 1. The van der Waals surface area contributed by atoms with Gasteiger partial charge in [0.25, 0.3) is 5.91 Å². The van der Waals surface area contributed by atoms with Crippen LogP contribution in [-0.4, -0.2) is 16.9 Å². The Kier molecular flexibility index (Phi) is 4.14. The van der Waals surface area contributed by atoms with Crippen molar-refractivity contribution >= 4 is 16.8 Å². The average molecular weight is 296 g/mol. The number of pyridine rings is 1. The molecule has 0 bridgehead atoms. The largest absolute Gasteiger partial charge is 0.349 e. The summed E-state index contributed by atoms with van der Waals surface area (Å²) in [4.78, 5) is 17.3. The molecule has 0 aliphatic heterocycles. The topological polar surface area (TPSA) is 42.0 Å². The van der Waals surface area contributed by atoms with Crippen molar-refractivity contribution in [3.05, 3.63) is 41.6 Å². The van der Waals surface area contributed by atoms with E-state index in [0.717, 1.165) is 28.6 Å². The molecule has 0 saturated heterocycles. The standard InChI is InChI=1S/C19H24N2O/c1-12-7-6-10-17(14(12)3)21-19(22)16-11-13(2)20-18-9-5-4-8-15(16)18/h4-5,8-9,11-12,14,17H,6-7,10H2,1-3H3,(H,21,22)/t12-,14-,17+/m0/s1. The number of carbonyl (C=O) groups excluding carboxylic acids is 1. The molecule has 1 aromatic heterocycles. The van der Waals surface area contributed by atoms with E-state index in [-0.39, 0.29) is 11.9 Å². The van der Waals surface area contributed by atoms with Crippen LogP contribution in [0, 0.1) is 18.8 Å². The highest BCUT2D eigenvalue weighted by molar-refractivity contribution is 6.06. The molecule has 0 unspecified atom stereocenters. The van der Waals surface area contributed by atoms with Crippen molar-refractivity contribution in [1.29, 1.82) is 0 Å². The van der Waals surface area contributed by atoms with E-state index in [9.17, 15) is 4.79 Å². The maximum absolute atomic E-state index is 12.8.